The van der Waals surface area contributed by atoms with Crippen LogP contribution in [0.4, 0.5) is 5.69 Å². The van der Waals surface area contributed by atoms with Crippen LogP contribution < -0.4 is 14.4 Å². The fraction of sp³-hybridized carbons (Fsp3) is 0.519. The summed E-state index contributed by atoms with van der Waals surface area (Å²) in [6.45, 7) is 7.10. The van der Waals surface area contributed by atoms with Gasteiger partial charge in [-0.25, -0.2) is 0 Å². The van der Waals surface area contributed by atoms with Crippen LogP contribution in [-0.4, -0.2) is 50.7 Å². The van der Waals surface area contributed by atoms with Crippen molar-refractivity contribution in [2.75, 3.05) is 38.8 Å². The van der Waals surface area contributed by atoms with Crippen LogP contribution in [0.3, 0.4) is 0 Å². The topological polar surface area (TPSA) is 42.0 Å². The van der Waals surface area contributed by atoms with Crippen molar-refractivity contribution in [1.29, 1.82) is 0 Å². The number of carbonyl (C=O) groups is 1. The molecule has 1 saturated heterocycles. The van der Waals surface area contributed by atoms with Crippen molar-refractivity contribution in [2.45, 2.75) is 58.4 Å². The molecule has 1 aliphatic heterocycles. The molecule has 5 nitrogen and oxygen atoms in total. The Morgan fingerprint density at radius 1 is 0.969 bits per heavy atom. The van der Waals surface area contributed by atoms with Gasteiger partial charge in [-0.2, -0.15) is 0 Å². The number of benzene rings is 2. The van der Waals surface area contributed by atoms with Gasteiger partial charge in [-0.3, -0.25) is 4.79 Å². The Kier molecular flexibility index (Phi) is 8.98. The number of ether oxygens (including phenoxy) is 2. The SMILES string of the molecule is CCCc1cc(OC)c(CCN2CCC(N(C(=O)CC)c3ccccc3)CC2)cc1OC. The van der Waals surface area contributed by atoms with E-state index in [1.807, 2.05) is 42.2 Å². The smallest absolute Gasteiger partial charge is 0.226 e. The molecule has 0 atom stereocenters. The number of rotatable bonds is 10. The summed E-state index contributed by atoms with van der Waals surface area (Å²) >= 11 is 0. The van der Waals surface area contributed by atoms with Crippen LogP contribution in [0.25, 0.3) is 0 Å². The molecule has 0 aliphatic carbocycles. The molecule has 1 aliphatic rings. The number of anilines is 1. The molecule has 0 aromatic heterocycles. The number of para-hydroxylation sites is 1. The largest absolute Gasteiger partial charge is 0.496 e. The second kappa shape index (κ2) is 11.9. The Morgan fingerprint density at radius 2 is 1.56 bits per heavy atom. The number of carbonyl (C=O) groups excluding carboxylic acids is 1. The van der Waals surface area contributed by atoms with E-state index < -0.39 is 0 Å². The third-order valence-electron chi connectivity index (χ3n) is 6.43. The quantitative estimate of drug-likeness (QED) is 0.517. The van der Waals surface area contributed by atoms with Crippen molar-refractivity contribution in [3.63, 3.8) is 0 Å². The number of hydrogen-bond acceptors (Lipinski definition) is 4. The molecule has 0 radical (unpaired) electrons. The first-order valence-corrected chi connectivity index (χ1v) is 11.9. The summed E-state index contributed by atoms with van der Waals surface area (Å²) in [6.07, 6.45) is 5.51. The Morgan fingerprint density at radius 3 is 2.09 bits per heavy atom. The summed E-state index contributed by atoms with van der Waals surface area (Å²) in [5.74, 6) is 2.12. The molecule has 174 valence electrons. The standard InChI is InChI=1S/C27H38N2O3/c1-5-10-21-19-26(32-4)22(20-25(21)31-3)13-16-28-17-14-24(15-18-28)29(27(30)6-2)23-11-8-7-9-12-23/h7-9,11-12,19-20,24H,5-6,10,13-18H2,1-4H3. The van der Waals surface area contributed by atoms with Crippen LogP contribution >= 0.6 is 0 Å². The van der Waals surface area contributed by atoms with E-state index >= 15 is 0 Å². The van der Waals surface area contributed by atoms with E-state index in [4.69, 9.17) is 9.47 Å². The molecular weight excluding hydrogens is 400 g/mol. The third kappa shape index (κ3) is 5.83. The van der Waals surface area contributed by atoms with Crippen molar-refractivity contribution in [1.82, 2.24) is 4.90 Å². The normalized spacial score (nSPS) is 14.9. The minimum absolute atomic E-state index is 0.207. The molecule has 0 spiro atoms. The molecule has 0 unspecified atom stereocenters. The predicted octanol–water partition coefficient (Wildman–Crippen LogP) is 5.11. The average molecular weight is 439 g/mol. The van der Waals surface area contributed by atoms with Crippen LogP contribution in [0.1, 0.15) is 50.7 Å². The van der Waals surface area contributed by atoms with Crippen LogP contribution in [0, 0.1) is 0 Å². The highest BCUT2D eigenvalue weighted by Crippen LogP contribution is 2.31. The Bertz CT molecular complexity index is 861. The Labute approximate surface area is 193 Å². The van der Waals surface area contributed by atoms with E-state index in [2.05, 4.69) is 24.0 Å². The number of amides is 1. The highest BCUT2D eigenvalue weighted by atomic mass is 16.5. The van der Waals surface area contributed by atoms with Crippen LogP contribution in [0.5, 0.6) is 11.5 Å². The van der Waals surface area contributed by atoms with Crippen molar-refractivity contribution in [3.8, 4) is 11.5 Å². The van der Waals surface area contributed by atoms with Gasteiger partial charge in [0, 0.05) is 37.8 Å². The fourth-order valence-electron chi connectivity index (χ4n) is 4.68. The highest BCUT2D eigenvalue weighted by Gasteiger charge is 2.28. The van der Waals surface area contributed by atoms with E-state index in [0.29, 0.717) is 6.42 Å². The van der Waals surface area contributed by atoms with Gasteiger partial charge in [0.1, 0.15) is 11.5 Å². The second-order valence-corrected chi connectivity index (χ2v) is 8.50. The maximum absolute atomic E-state index is 12.7. The number of hydrogen-bond donors (Lipinski definition) is 0. The molecule has 0 saturated carbocycles. The van der Waals surface area contributed by atoms with Gasteiger partial charge in [-0.15, -0.1) is 0 Å². The summed E-state index contributed by atoms with van der Waals surface area (Å²) < 4.78 is 11.3. The van der Waals surface area contributed by atoms with Crippen LogP contribution in [-0.2, 0) is 17.6 Å². The van der Waals surface area contributed by atoms with Gasteiger partial charge in [-0.1, -0.05) is 38.5 Å². The zero-order chi connectivity index (χ0) is 22.9. The van der Waals surface area contributed by atoms with E-state index in [-0.39, 0.29) is 11.9 Å². The molecule has 5 heteroatoms. The minimum atomic E-state index is 0.207. The zero-order valence-corrected chi connectivity index (χ0v) is 20.1. The average Bonchev–Trinajstić information content (AvgIpc) is 2.84. The van der Waals surface area contributed by atoms with Gasteiger partial charge in [0.2, 0.25) is 5.91 Å². The minimum Gasteiger partial charge on any atom is -0.496 e. The van der Waals surface area contributed by atoms with Crippen molar-refractivity contribution >= 4 is 11.6 Å². The molecule has 1 heterocycles. The van der Waals surface area contributed by atoms with Gasteiger partial charge >= 0.3 is 0 Å². The molecule has 3 rings (SSSR count). The molecule has 0 N–H and O–H groups in total. The van der Waals surface area contributed by atoms with Gasteiger partial charge in [0.05, 0.1) is 14.2 Å². The predicted molar refractivity (Wildman–Crippen MR) is 131 cm³/mol. The third-order valence-corrected chi connectivity index (χ3v) is 6.43. The van der Waals surface area contributed by atoms with E-state index in [9.17, 15) is 4.79 Å². The lowest BCUT2D eigenvalue weighted by Gasteiger charge is -2.38. The van der Waals surface area contributed by atoms with E-state index in [1.165, 1.54) is 11.1 Å². The number of likely N-dealkylation sites (tertiary alicyclic amines) is 1. The van der Waals surface area contributed by atoms with E-state index in [0.717, 1.165) is 68.9 Å². The van der Waals surface area contributed by atoms with Gasteiger partial charge in [0.25, 0.3) is 0 Å². The number of aryl methyl sites for hydroxylation is 1. The lowest BCUT2D eigenvalue weighted by atomic mass is 10.00. The number of nitrogens with zero attached hydrogens (tertiary/aromatic N) is 2. The lowest BCUT2D eigenvalue weighted by Crippen LogP contribution is -2.47. The molecule has 1 fully saturated rings. The first-order chi connectivity index (χ1) is 15.6. The van der Waals surface area contributed by atoms with Crippen molar-refractivity contribution in [3.05, 3.63) is 53.6 Å². The van der Waals surface area contributed by atoms with E-state index in [1.54, 1.807) is 14.2 Å². The summed E-state index contributed by atoms with van der Waals surface area (Å²) in [4.78, 5) is 17.2. The monoisotopic (exact) mass is 438 g/mol. The lowest BCUT2D eigenvalue weighted by molar-refractivity contribution is -0.119. The zero-order valence-electron chi connectivity index (χ0n) is 20.1. The summed E-state index contributed by atoms with van der Waals surface area (Å²) in [6, 6.07) is 14.7. The van der Waals surface area contributed by atoms with Gasteiger partial charge in [0.15, 0.2) is 0 Å². The first kappa shape index (κ1) is 24.1. The Balaban J connectivity index is 1.62. The van der Waals surface area contributed by atoms with Crippen molar-refractivity contribution in [2.24, 2.45) is 0 Å². The second-order valence-electron chi connectivity index (χ2n) is 8.50. The summed E-state index contributed by atoms with van der Waals surface area (Å²) in [5, 5.41) is 0. The highest BCUT2D eigenvalue weighted by molar-refractivity contribution is 5.93. The Hall–Kier alpha value is -2.53. The molecule has 2 aromatic carbocycles. The molecule has 1 amide bonds. The maximum Gasteiger partial charge on any atom is 0.226 e. The molecule has 2 aromatic rings. The molecule has 32 heavy (non-hydrogen) atoms. The van der Waals surface area contributed by atoms with Gasteiger partial charge in [-0.05, 0) is 61.1 Å². The van der Waals surface area contributed by atoms with Gasteiger partial charge < -0.3 is 19.3 Å². The summed E-state index contributed by atoms with van der Waals surface area (Å²) in [7, 11) is 3.49. The summed E-state index contributed by atoms with van der Waals surface area (Å²) in [5.41, 5.74) is 3.42. The van der Waals surface area contributed by atoms with Crippen molar-refractivity contribution < 1.29 is 14.3 Å². The maximum atomic E-state index is 12.7. The number of piperidine rings is 1. The van der Waals surface area contributed by atoms with Crippen LogP contribution in [0.2, 0.25) is 0 Å². The molecule has 0 bridgehead atoms. The fourth-order valence-corrected chi connectivity index (χ4v) is 4.68. The van der Waals surface area contributed by atoms with Crippen LogP contribution in [0.15, 0.2) is 42.5 Å². The first-order valence-electron chi connectivity index (χ1n) is 11.9. The number of methoxy groups -OCH3 is 2. The molecular formula is C27H38N2O3.